The maximum atomic E-state index is 12.3. The lowest BCUT2D eigenvalue weighted by molar-refractivity contribution is -0.120. The molecule has 1 amide bonds. The summed E-state index contributed by atoms with van der Waals surface area (Å²) in [5.74, 6) is -0.0860. The van der Waals surface area contributed by atoms with Crippen molar-refractivity contribution >= 4 is 28.3 Å². The number of nitrogens with one attached hydrogen (secondary N) is 2. The van der Waals surface area contributed by atoms with Crippen molar-refractivity contribution in [1.29, 1.82) is 0 Å². The predicted octanol–water partition coefficient (Wildman–Crippen LogP) is 3.03. The number of para-hydroxylation sites is 1. The van der Waals surface area contributed by atoms with E-state index in [1.807, 2.05) is 38.1 Å². The highest BCUT2D eigenvalue weighted by molar-refractivity contribution is 6.08. The minimum absolute atomic E-state index is 0.0837. The Kier molecular flexibility index (Phi) is 3.56. The molecule has 1 aliphatic carbocycles. The number of hydrazone groups is 1. The first-order valence-corrected chi connectivity index (χ1v) is 7.38. The first-order valence-electron chi connectivity index (χ1n) is 7.38. The van der Waals surface area contributed by atoms with E-state index in [9.17, 15) is 9.59 Å². The first-order chi connectivity index (χ1) is 10.4. The van der Waals surface area contributed by atoms with Gasteiger partial charge in [-0.25, -0.2) is 5.43 Å². The molecule has 1 heterocycles. The summed E-state index contributed by atoms with van der Waals surface area (Å²) in [5.41, 5.74) is 4.71. The van der Waals surface area contributed by atoms with Gasteiger partial charge in [0.1, 0.15) is 5.78 Å². The molecule has 0 radical (unpaired) electrons. The van der Waals surface area contributed by atoms with Crippen LogP contribution in [-0.2, 0) is 4.79 Å². The Morgan fingerprint density at radius 3 is 2.82 bits per heavy atom. The van der Waals surface area contributed by atoms with Crippen LogP contribution in [0.15, 0.2) is 35.6 Å². The maximum Gasteiger partial charge on any atom is 0.273 e. The highest BCUT2D eigenvalue weighted by atomic mass is 16.2. The third kappa shape index (κ3) is 2.93. The maximum absolute atomic E-state index is 12.3. The molecule has 0 aliphatic heterocycles. The lowest BCUT2D eigenvalue weighted by atomic mass is 9.76. The monoisotopic (exact) mass is 297 g/mol. The fourth-order valence-corrected chi connectivity index (χ4v) is 3.03. The Morgan fingerprint density at radius 2 is 2.05 bits per heavy atom. The summed E-state index contributed by atoms with van der Waals surface area (Å²) in [7, 11) is 0. The van der Waals surface area contributed by atoms with Crippen molar-refractivity contribution < 1.29 is 9.59 Å². The number of ketones is 1. The number of benzene rings is 1. The van der Waals surface area contributed by atoms with Gasteiger partial charge in [-0.15, -0.1) is 0 Å². The normalized spacial score (nSPS) is 19.5. The third-order valence-electron chi connectivity index (χ3n) is 3.91. The second kappa shape index (κ2) is 5.40. The SMILES string of the molecule is CC1(C)CC(=O)CC(=NNC(=O)c2c[nH]c3ccccc23)C1. The van der Waals surface area contributed by atoms with Crippen LogP contribution in [0.3, 0.4) is 0 Å². The number of fused-ring (bicyclic) bond motifs is 1. The number of hydrogen-bond donors (Lipinski definition) is 2. The number of carbonyl (C=O) groups is 2. The molecular formula is C17H19N3O2. The minimum Gasteiger partial charge on any atom is -0.360 e. The van der Waals surface area contributed by atoms with E-state index < -0.39 is 0 Å². The second-order valence-electron chi connectivity index (χ2n) is 6.60. The lowest BCUT2D eigenvalue weighted by Gasteiger charge is -2.28. The van der Waals surface area contributed by atoms with Crippen LogP contribution in [-0.4, -0.2) is 22.4 Å². The number of amides is 1. The third-order valence-corrected chi connectivity index (χ3v) is 3.91. The number of carbonyl (C=O) groups excluding carboxylic acids is 2. The van der Waals surface area contributed by atoms with E-state index in [1.165, 1.54) is 0 Å². The molecule has 1 fully saturated rings. The fraction of sp³-hybridized carbons (Fsp3) is 0.353. The van der Waals surface area contributed by atoms with Gasteiger partial charge in [-0.3, -0.25) is 9.59 Å². The quantitative estimate of drug-likeness (QED) is 0.836. The fourth-order valence-electron chi connectivity index (χ4n) is 3.03. The van der Waals surface area contributed by atoms with Crippen molar-refractivity contribution in [2.75, 3.05) is 0 Å². The van der Waals surface area contributed by atoms with Gasteiger partial charge in [-0.2, -0.15) is 5.10 Å². The van der Waals surface area contributed by atoms with Gasteiger partial charge in [0, 0.05) is 35.7 Å². The molecule has 0 unspecified atom stereocenters. The standard InChI is InChI=1S/C17H19N3O2/c1-17(2)8-11(7-12(21)9-17)19-20-16(22)14-10-18-15-6-4-3-5-13(14)15/h3-6,10,18H,7-9H2,1-2H3,(H,20,22). The molecule has 1 aliphatic rings. The molecule has 0 atom stereocenters. The van der Waals surface area contributed by atoms with Crippen LogP contribution in [0.1, 0.15) is 43.5 Å². The van der Waals surface area contributed by atoms with Crippen LogP contribution in [0, 0.1) is 5.41 Å². The van der Waals surface area contributed by atoms with Gasteiger partial charge in [0.25, 0.3) is 5.91 Å². The number of rotatable bonds is 2. The smallest absolute Gasteiger partial charge is 0.273 e. The van der Waals surface area contributed by atoms with E-state index in [2.05, 4.69) is 15.5 Å². The molecule has 1 aromatic heterocycles. The zero-order chi connectivity index (χ0) is 15.7. The van der Waals surface area contributed by atoms with Gasteiger partial charge in [-0.1, -0.05) is 32.0 Å². The van der Waals surface area contributed by atoms with Crippen LogP contribution >= 0.6 is 0 Å². The Morgan fingerprint density at radius 1 is 1.27 bits per heavy atom. The van der Waals surface area contributed by atoms with Gasteiger partial charge in [0.2, 0.25) is 0 Å². The van der Waals surface area contributed by atoms with Gasteiger partial charge < -0.3 is 4.98 Å². The predicted molar refractivity (Wildman–Crippen MR) is 85.8 cm³/mol. The Bertz CT molecular complexity index is 771. The highest BCUT2D eigenvalue weighted by Gasteiger charge is 2.30. The van der Waals surface area contributed by atoms with Gasteiger partial charge in [0.15, 0.2) is 0 Å². The number of nitrogens with zero attached hydrogens (tertiary/aromatic N) is 1. The average molecular weight is 297 g/mol. The summed E-state index contributed by atoms with van der Waals surface area (Å²) in [6.45, 7) is 4.09. The summed E-state index contributed by atoms with van der Waals surface area (Å²) < 4.78 is 0. The van der Waals surface area contributed by atoms with Crippen molar-refractivity contribution in [2.45, 2.75) is 33.1 Å². The lowest BCUT2D eigenvalue weighted by Crippen LogP contribution is -2.31. The largest absolute Gasteiger partial charge is 0.360 e. The molecule has 2 N–H and O–H groups in total. The van der Waals surface area contributed by atoms with Crippen molar-refractivity contribution in [3.05, 3.63) is 36.0 Å². The molecule has 1 saturated carbocycles. The number of Topliss-reactive ketones (excluding diaryl/α,β-unsaturated/α-hetero) is 1. The summed E-state index contributed by atoms with van der Waals surface area (Å²) in [6.07, 6.45) is 3.31. The van der Waals surface area contributed by atoms with E-state index in [4.69, 9.17) is 0 Å². The number of hydrogen-bond acceptors (Lipinski definition) is 3. The Balaban J connectivity index is 1.77. The molecular weight excluding hydrogens is 278 g/mol. The molecule has 3 rings (SSSR count). The van der Waals surface area contributed by atoms with Crippen LogP contribution in [0.2, 0.25) is 0 Å². The van der Waals surface area contributed by atoms with E-state index in [-0.39, 0.29) is 17.1 Å². The van der Waals surface area contributed by atoms with E-state index >= 15 is 0 Å². The molecule has 5 nitrogen and oxygen atoms in total. The van der Waals surface area contributed by atoms with Crippen LogP contribution in [0.5, 0.6) is 0 Å². The second-order valence-corrected chi connectivity index (χ2v) is 6.60. The zero-order valence-corrected chi connectivity index (χ0v) is 12.8. The molecule has 1 aromatic carbocycles. The summed E-state index contributed by atoms with van der Waals surface area (Å²) in [4.78, 5) is 27.1. The number of H-pyrrole nitrogens is 1. The molecule has 0 spiro atoms. The van der Waals surface area contributed by atoms with E-state index in [1.54, 1.807) is 6.20 Å². The van der Waals surface area contributed by atoms with Crippen LogP contribution < -0.4 is 5.43 Å². The Hall–Kier alpha value is -2.43. The van der Waals surface area contributed by atoms with E-state index in [0.717, 1.165) is 23.0 Å². The molecule has 114 valence electrons. The van der Waals surface area contributed by atoms with Crippen LogP contribution in [0.4, 0.5) is 0 Å². The molecule has 22 heavy (non-hydrogen) atoms. The van der Waals surface area contributed by atoms with Gasteiger partial charge >= 0.3 is 0 Å². The van der Waals surface area contributed by atoms with Crippen LogP contribution in [0.25, 0.3) is 10.9 Å². The summed E-state index contributed by atoms with van der Waals surface area (Å²) in [6, 6.07) is 7.61. The van der Waals surface area contributed by atoms with Crippen molar-refractivity contribution in [3.63, 3.8) is 0 Å². The highest BCUT2D eigenvalue weighted by Crippen LogP contribution is 2.31. The summed E-state index contributed by atoms with van der Waals surface area (Å²) >= 11 is 0. The number of aromatic amines is 1. The van der Waals surface area contributed by atoms with Gasteiger partial charge in [0.05, 0.1) is 5.56 Å². The molecule has 0 saturated heterocycles. The van der Waals surface area contributed by atoms with Crippen molar-refractivity contribution in [2.24, 2.45) is 10.5 Å². The molecule has 0 bridgehead atoms. The Labute approximate surface area is 128 Å². The van der Waals surface area contributed by atoms with Crippen molar-refractivity contribution in [3.8, 4) is 0 Å². The molecule has 2 aromatic rings. The van der Waals surface area contributed by atoms with E-state index in [0.29, 0.717) is 18.4 Å². The minimum atomic E-state index is -0.263. The molecule has 5 heteroatoms. The number of aromatic nitrogens is 1. The zero-order valence-electron chi connectivity index (χ0n) is 12.8. The average Bonchev–Trinajstić information content (AvgIpc) is 2.86. The first kappa shape index (κ1) is 14.5. The van der Waals surface area contributed by atoms with Gasteiger partial charge in [-0.05, 0) is 17.9 Å². The summed E-state index contributed by atoms with van der Waals surface area (Å²) in [5, 5.41) is 5.04. The van der Waals surface area contributed by atoms with Crippen molar-refractivity contribution in [1.82, 2.24) is 10.4 Å². The topological polar surface area (TPSA) is 74.3 Å².